The molecule has 2 heterocycles. The highest BCUT2D eigenvalue weighted by Crippen LogP contribution is 2.56. The van der Waals surface area contributed by atoms with E-state index in [4.69, 9.17) is 9.47 Å². The monoisotopic (exact) mass is 1830 g/mol. The van der Waals surface area contributed by atoms with Gasteiger partial charge >= 0.3 is 0 Å². The maximum atomic E-state index is 7.35. The molecule has 24 rings (SSSR count). The first-order chi connectivity index (χ1) is 68.2. The molecule has 0 bridgehead atoms. The molecule has 0 unspecified atom stereocenters. The number of hydrogen-bond acceptors (Lipinski definition) is 2. The molecule has 0 aromatic heterocycles. The van der Waals surface area contributed by atoms with E-state index in [9.17, 15) is 0 Å². The molecule has 0 N–H and O–H groups in total. The predicted octanol–water partition coefficient (Wildman–Crippen LogP) is 36.9. The summed E-state index contributed by atoms with van der Waals surface area (Å²) < 4.78 is 14.7. The van der Waals surface area contributed by atoms with Gasteiger partial charge in [-0.2, -0.15) is 0 Å². The van der Waals surface area contributed by atoms with E-state index < -0.39 is 10.8 Å². The van der Waals surface area contributed by atoms with Crippen LogP contribution in [0.3, 0.4) is 0 Å². The Morgan fingerprint density at radius 2 is 0.352 bits per heavy atom. The number of benzene rings is 22. The van der Waals surface area contributed by atoms with Gasteiger partial charge in [-0.3, -0.25) is 0 Å². The molecule has 142 heavy (non-hydrogen) atoms. The first-order valence-corrected chi connectivity index (χ1v) is 49.8. The lowest BCUT2D eigenvalue weighted by Crippen LogP contribution is -2.28. The summed E-state index contributed by atoms with van der Waals surface area (Å²) in [5.41, 5.74) is 18.4. The number of ether oxygens (including phenoxy) is 2. The molecule has 0 fully saturated rings. The van der Waals surface area contributed by atoms with Gasteiger partial charge in [-0.25, -0.2) is 0 Å². The van der Waals surface area contributed by atoms with Gasteiger partial charge in [-0.15, -0.1) is 0 Å². The fourth-order valence-corrected chi connectivity index (χ4v) is 20.6. The third-order valence-corrected chi connectivity index (χ3v) is 29.0. The molecule has 22 aromatic rings. The second-order valence-electron chi connectivity index (χ2n) is 43.9. The van der Waals surface area contributed by atoms with Crippen molar-refractivity contribution in [2.75, 3.05) is 0 Å². The van der Waals surface area contributed by atoms with Crippen molar-refractivity contribution in [2.24, 2.45) is 0 Å². The molecule has 2 aliphatic heterocycles. The normalized spacial score (nSPS) is 12.9. The van der Waals surface area contributed by atoms with Crippen LogP contribution in [0.15, 0.2) is 376 Å². The fourth-order valence-electron chi connectivity index (χ4n) is 20.6. The van der Waals surface area contributed by atoms with E-state index in [2.05, 4.69) is 512 Å². The lowest BCUT2D eigenvalue weighted by Gasteiger charge is -2.38. The molecule has 22 aromatic carbocycles. The zero-order valence-electron chi connectivity index (χ0n) is 84.6. The van der Waals surface area contributed by atoms with E-state index in [1.807, 2.05) is 36.4 Å². The van der Waals surface area contributed by atoms with E-state index in [0.29, 0.717) is 0 Å². The molecule has 0 saturated heterocycles. The molecule has 2 aliphatic rings. The summed E-state index contributed by atoms with van der Waals surface area (Å²) in [7, 11) is 0. The van der Waals surface area contributed by atoms with E-state index in [1.54, 1.807) is 0 Å². The van der Waals surface area contributed by atoms with Gasteiger partial charge in [-0.05, 0) is 284 Å². The van der Waals surface area contributed by atoms with E-state index in [1.165, 1.54) is 120 Å². The highest BCUT2D eigenvalue weighted by Gasteiger charge is 2.42. The van der Waals surface area contributed by atoms with Crippen LogP contribution in [0.5, 0.6) is 23.0 Å². The highest BCUT2D eigenvalue weighted by molar-refractivity contribution is 6.14. The topological polar surface area (TPSA) is 18.5 Å². The summed E-state index contributed by atoms with van der Waals surface area (Å²) in [4.78, 5) is 0. The number of rotatable bonds is 0. The zero-order chi connectivity index (χ0) is 98.5. The van der Waals surface area contributed by atoms with Gasteiger partial charge in [0.15, 0.2) is 0 Å². The summed E-state index contributed by atoms with van der Waals surface area (Å²) >= 11 is 0. The zero-order valence-corrected chi connectivity index (χ0v) is 84.6. The Balaban J connectivity index is 0.000000147. The third kappa shape index (κ3) is 17.8. The summed E-state index contributed by atoms with van der Waals surface area (Å²) in [5, 5.41) is 28.3. The van der Waals surface area contributed by atoms with Crippen molar-refractivity contribution in [1.29, 1.82) is 0 Å². The Morgan fingerprint density at radius 1 is 0.176 bits per heavy atom. The quantitative estimate of drug-likeness (QED) is 0.111. The van der Waals surface area contributed by atoms with Crippen LogP contribution in [0.25, 0.3) is 129 Å². The lowest BCUT2D eigenvalue weighted by molar-refractivity contribution is 0.412. The van der Waals surface area contributed by atoms with Gasteiger partial charge in [0.1, 0.15) is 23.0 Å². The minimum absolute atomic E-state index is 0.122. The molecular formula is C140H116O2. The molecule has 0 aliphatic carbocycles. The van der Waals surface area contributed by atoms with Crippen molar-refractivity contribution in [3.8, 4) is 70.4 Å². The Hall–Kier alpha value is -16.2. The first kappa shape index (κ1) is 92.2. The smallest absolute Gasteiger partial charge is 0.147 e. The average molecular weight is 1830 g/mol. The van der Waals surface area contributed by atoms with E-state index >= 15 is 0 Å². The van der Waals surface area contributed by atoms with E-state index in [-0.39, 0.29) is 21.7 Å². The van der Waals surface area contributed by atoms with Crippen LogP contribution in [-0.2, 0) is 32.5 Å². The van der Waals surface area contributed by atoms with Crippen LogP contribution in [-0.4, -0.2) is 0 Å². The van der Waals surface area contributed by atoms with Crippen LogP contribution in [0, 0.1) is 61.2 Å². The average Bonchev–Trinajstić information content (AvgIpc) is 0.717. The minimum Gasteiger partial charge on any atom is -0.454 e. The van der Waals surface area contributed by atoms with Crippen molar-refractivity contribution in [2.45, 2.75) is 157 Å². The summed E-state index contributed by atoms with van der Waals surface area (Å²) in [6.07, 6.45) is 0. The van der Waals surface area contributed by atoms with Crippen LogP contribution < -0.4 is 9.47 Å². The second kappa shape index (κ2) is 36.2. The van der Waals surface area contributed by atoms with Crippen molar-refractivity contribution in [3.63, 3.8) is 0 Å². The Morgan fingerprint density at radius 3 is 0.542 bits per heavy atom. The largest absolute Gasteiger partial charge is 0.454 e. The third-order valence-electron chi connectivity index (χ3n) is 29.0. The molecule has 0 radical (unpaired) electrons. The van der Waals surface area contributed by atoms with Crippen molar-refractivity contribution in [3.05, 3.63) is 476 Å². The Bertz CT molecular complexity index is 8170. The summed E-state index contributed by atoms with van der Waals surface area (Å²) in [6.45, 7) is 40.9. The Kier molecular flexibility index (Phi) is 23.5. The van der Waals surface area contributed by atoms with Crippen LogP contribution in [0.4, 0.5) is 0 Å². The van der Waals surface area contributed by atoms with Gasteiger partial charge < -0.3 is 9.47 Å². The molecule has 0 spiro atoms. The number of fused-ring (bicyclic) bond motifs is 16. The van der Waals surface area contributed by atoms with Crippen LogP contribution in [0.1, 0.15) is 211 Å². The van der Waals surface area contributed by atoms with Gasteiger partial charge in [0, 0.05) is 55.3 Å². The Labute approximate surface area is 836 Å². The van der Waals surface area contributed by atoms with Crippen molar-refractivity contribution < 1.29 is 9.47 Å². The molecule has 2 heteroatoms. The molecule has 0 amide bonds. The summed E-state index contributed by atoms with van der Waals surface area (Å²) in [6, 6.07) is 135. The maximum Gasteiger partial charge on any atom is 0.147 e. The molecule has 2 nitrogen and oxygen atoms in total. The van der Waals surface area contributed by atoms with Crippen LogP contribution >= 0.6 is 0 Å². The standard InChI is InChI=1S/2C63H50O.2C7H8/c2*1-61(2,3)49-33-45(25-27-53-51-23-15-13-21-43(51)31-47-29-39-17-9-11-19-41(39)35-55(47)53)59-57(37-49)63(7,8)58-38-50(62(4,5)6)34-46(60(58)64-59)26-28-54-52-24-16-14-22-44(52)32-48-30-40-18-10-12-20-42(40)36-56(48)54;2*1-7-5-3-2-4-6-7/h2*9-24,29-38H,1-8H3;2*2-6H,1H3. The van der Waals surface area contributed by atoms with Crippen molar-refractivity contribution >= 4 is 129 Å². The second-order valence-corrected chi connectivity index (χ2v) is 43.9. The van der Waals surface area contributed by atoms with E-state index in [0.717, 1.165) is 133 Å². The maximum absolute atomic E-state index is 7.35. The molecular weight excluding hydrogens is 1710 g/mol. The predicted molar refractivity (Wildman–Crippen MR) is 607 cm³/mol. The lowest BCUT2D eigenvalue weighted by atomic mass is 9.70. The molecule has 688 valence electrons. The molecule has 0 saturated carbocycles. The van der Waals surface area contributed by atoms with Gasteiger partial charge in [0.2, 0.25) is 0 Å². The highest BCUT2D eigenvalue weighted by atomic mass is 16.5. The number of hydrogen-bond donors (Lipinski definition) is 0. The van der Waals surface area contributed by atoms with Crippen LogP contribution in [0.2, 0.25) is 0 Å². The van der Waals surface area contributed by atoms with Gasteiger partial charge in [-0.1, -0.05) is 448 Å². The number of aryl methyl sites for hydroxylation is 2. The minimum atomic E-state index is -0.422. The molecule has 0 atom stereocenters. The van der Waals surface area contributed by atoms with Gasteiger partial charge in [0.05, 0.1) is 22.3 Å². The SMILES string of the molecule is CC(C)(C)c1cc(C#Cc2c3ccccc3cc3cc4ccccc4cc23)c2c(c1)C(C)(C)c1cc(C(C)(C)C)cc(C#Cc3c4ccccc4cc4cc5ccccc5cc34)c1O2.CC(C)(C)c1cc(C#Cc2c3ccccc3cc3cc4ccccc4cc23)c2c(c1)C(C)(C)c1cc(C(C)(C)C)cc(C#Cc3c4ccccc4cc4cc5ccccc5cc34)c1O2.Cc1ccccc1.Cc1ccccc1. The fraction of sp³-hybridized carbons (Fsp3) is 0.171. The summed E-state index contributed by atoms with van der Waals surface area (Å²) in [5.74, 6) is 33.3. The first-order valence-electron chi connectivity index (χ1n) is 49.8. The van der Waals surface area contributed by atoms with Gasteiger partial charge in [0.25, 0.3) is 0 Å². The van der Waals surface area contributed by atoms with Crippen molar-refractivity contribution in [1.82, 2.24) is 0 Å².